The first kappa shape index (κ1) is 20.5. The first-order chi connectivity index (χ1) is 12.9. The summed E-state index contributed by atoms with van der Waals surface area (Å²) in [6.07, 6.45) is -0.619. The quantitative estimate of drug-likeness (QED) is 0.259. The Hall–Kier alpha value is -2.84. The number of non-ortho nitro benzene ring substituents is 1. The molecule has 0 aliphatic carbocycles. The van der Waals surface area contributed by atoms with E-state index in [-0.39, 0.29) is 17.1 Å². The Kier molecular flexibility index (Phi) is 7.39. The molecule has 1 atom stereocenters. The summed E-state index contributed by atoms with van der Waals surface area (Å²) in [4.78, 5) is 22.2. The number of aliphatic hydroxyl groups excluding tert-OH is 1. The average Bonchev–Trinajstić information content (AvgIpc) is 2.70. The van der Waals surface area contributed by atoms with Crippen molar-refractivity contribution in [1.29, 1.82) is 0 Å². The number of carbonyl (C=O) groups is 1. The number of benzene rings is 2. The second-order valence-electron chi connectivity index (χ2n) is 5.72. The number of nitrogens with one attached hydrogen (secondary N) is 2. The summed E-state index contributed by atoms with van der Waals surface area (Å²) < 4.78 is 4.70. The van der Waals surface area contributed by atoms with E-state index < -0.39 is 17.0 Å². The van der Waals surface area contributed by atoms with Crippen molar-refractivity contribution in [2.75, 3.05) is 30.2 Å². The molecule has 9 heteroatoms. The van der Waals surface area contributed by atoms with Crippen molar-refractivity contribution < 1.29 is 19.6 Å². The topological polar surface area (TPSA) is 114 Å². The van der Waals surface area contributed by atoms with Gasteiger partial charge in [-0.3, -0.25) is 10.1 Å². The van der Waals surface area contributed by atoms with Gasteiger partial charge in [-0.2, -0.15) is 0 Å². The van der Waals surface area contributed by atoms with Crippen LogP contribution in [0.3, 0.4) is 0 Å². The number of nitro benzene ring substituents is 1. The average molecular weight is 394 g/mol. The van der Waals surface area contributed by atoms with Crippen LogP contribution in [0.2, 0.25) is 0 Å². The molecular weight excluding hydrogens is 374 g/mol. The summed E-state index contributed by atoms with van der Waals surface area (Å²) in [5, 5.41) is 26.5. The molecule has 3 N–H and O–H groups in total. The second-order valence-corrected chi connectivity index (χ2v) is 6.03. The molecule has 144 valence electrons. The fourth-order valence-corrected chi connectivity index (χ4v) is 2.42. The van der Waals surface area contributed by atoms with Crippen LogP contribution in [-0.2, 0) is 11.3 Å². The number of alkyl halides is 1. The van der Waals surface area contributed by atoms with Crippen molar-refractivity contribution in [3.63, 3.8) is 0 Å². The standard InChI is InChI=1S/C18H20ClN3O5/c1-27-18(24)16-8-14(22(25)26)6-7-17(16)21-10-12-2-4-13(5-3-12)20-11-15(23)9-19/h2-8,15,20-21,23H,9-11H2,1H3. The molecule has 0 saturated carbocycles. The third-order valence-electron chi connectivity index (χ3n) is 3.78. The molecule has 0 aromatic heterocycles. The Balaban J connectivity index is 2.05. The van der Waals surface area contributed by atoms with Gasteiger partial charge in [0.2, 0.25) is 0 Å². The Morgan fingerprint density at radius 3 is 2.56 bits per heavy atom. The molecule has 0 fully saturated rings. The lowest BCUT2D eigenvalue weighted by molar-refractivity contribution is -0.384. The van der Waals surface area contributed by atoms with Gasteiger partial charge in [-0.05, 0) is 23.8 Å². The zero-order chi connectivity index (χ0) is 19.8. The molecule has 0 saturated heterocycles. The number of anilines is 2. The van der Waals surface area contributed by atoms with Gasteiger partial charge >= 0.3 is 5.97 Å². The van der Waals surface area contributed by atoms with Gasteiger partial charge in [-0.25, -0.2) is 4.79 Å². The van der Waals surface area contributed by atoms with Crippen LogP contribution in [0.15, 0.2) is 42.5 Å². The molecular formula is C18H20ClN3O5. The maximum Gasteiger partial charge on any atom is 0.340 e. The molecule has 2 aromatic carbocycles. The minimum Gasteiger partial charge on any atom is -0.465 e. The maximum atomic E-state index is 11.9. The minimum absolute atomic E-state index is 0.0973. The highest BCUT2D eigenvalue weighted by Crippen LogP contribution is 2.23. The van der Waals surface area contributed by atoms with Crippen LogP contribution in [-0.4, -0.2) is 41.6 Å². The summed E-state index contributed by atoms with van der Waals surface area (Å²) in [6.45, 7) is 0.763. The SMILES string of the molecule is COC(=O)c1cc([N+](=O)[O-])ccc1NCc1ccc(NCC(O)CCl)cc1. The Morgan fingerprint density at radius 2 is 1.96 bits per heavy atom. The lowest BCUT2D eigenvalue weighted by atomic mass is 10.1. The number of ether oxygens (including phenoxy) is 1. The van der Waals surface area contributed by atoms with Crippen molar-refractivity contribution in [2.45, 2.75) is 12.6 Å². The lowest BCUT2D eigenvalue weighted by Crippen LogP contribution is -2.20. The molecule has 0 aliphatic rings. The van der Waals surface area contributed by atoms with Crippen molar-refractivity contribution in [3.05, 3.63) is 63.7 Å². The van der Waals surface area contributed by atoms with E-state index >= 15 is 0 Å². The number of aliphatic hydroxyl groups is 1. The molecule has 2 aromatic rings. The predicted octanol–water partition coefficient (Wildman–Crippen LogP) is 3.01. The van der Waals surface area contributed by atoms with Gasteiger partial charge in [0.15, 0.2) is 0 Å². The van der Waals surface area contributed by atoms with Crippen molar-refractivity contribution in [2.24, 2.45) is 0 Å². The van der Waals surface area contributed by atoms with Gasteiger partial charge < -0.3 is 20.5 Å². The summed E-state index contributed by atoms with van der Waals surface area (Å²) in [5.74, 6) is -0.495. The summed E-state index contributed by atoms with van der Waals surface area (Å²) in [7, 11) is 1.22. The smallest absolute Gasteiger partial charge is 0.340 e. The number of nitrogens with zero attached hydrogens (tertiary/aromatic N) is 1. The van der Waals surface area contributed by atoms with Crippen LogP contribution >= 0.6 is 11.6 Å². The van der Waals surface area contributed by atoms with Gasteiger partial charge in [-0.15, -0.1) is 11.6 Å². The molecule has 27 heavy (non-hydrogen) atoms. The van der Waals surface area contributed by atoms with Gasteiger partial charge in [0.05, 0.1) is 29.6 Å². The number of rotatable bonds is 9. The molecule has 0 radical (unpaired) electrons. The molecule has 0 spiro atoms. The normalized spacial score (nSPS) is 11.5. The van der Waals surface area contributed by atoms with Crippen LogP contribution in [0.1, 0.15) is 15.9 Å². The van der Waals surface area contributed by atoms with Gasteiger partial charge in [0.25, 0.3) is 5.69 Å². The highest BCUT2D eigenvalue weighted by Gasteiger charge is 2.17. The third-order valence-corrected chi connectivity index (χ3v) is 4.13. The van der Waals surface area contributed by atoms with Crippen LogP contribution in [0, 0.1) is 10.1 Å². The monoisotopic (exact) mass is 393 g/mol. The fraction of sp³-hybridized carbons (Fsp3) is 0.278. The van der Waals surface area contributed by atoms with E-state index in [4.69, 9.17) is 16.3 Å². The molecule has 2 rings (SSSR count). The van der Waals surface area contributed by atoms with Gasteiger partial charge in [0, 0.05) is 36.6 Å². The van der Waals surface area contributed by atoms with Crippen LogP contribution in [0.5, 0.6) is 0 Å². The number of halogens is 1. The van der Waals surface area contributed by atoms with E-state index in [2.05, 4.69) is 10.6 Å². The largest absolute Gasteiger partial charge is 0.465 e. The van der Waals surface area contributed by atoms with Crippen LogP contribution < -0.4 is 10.6 Å². The van der Waals surface area contributed by atoms with Gasteiger partial charge in [-0.1, -0.05) is 12.1 Å². The maximum absolute atomic E-state index is 11.9. The number of carbonyl (C=O) groups excluding carboxylic acids is 1. The highest BCUT2D eigenvalue weighted by atomic mass is 35.5. The predicted molar refractivity (Wildman–Crippen MR) is 103 cm³/mol. The highest BCUT2D eigenvalue weighted by molar-refractivity contribution is 6.18. The molecule has 0 amide bonds. The van der Waals surface area contributed by atoms with E-state index in [0.29, 0.717) is 18.8 Å². The number of methoxy groups -OCH3 is 1. The first-order valence-corrected chi connectivity index (χ1v) is 8.65. The zero-order valence-electron chi connectivity index (χ0n) is 14.6. The van der Waals surface area contributed by atoms with E-state index in [0.717, 1.165) is 11.3 Å². The summed E-state index contributed by atoms with van der Waals surface area (Å²) in [5.41, 5.74) is 2.14. The Bertz CT molecular complexity index is 798. The van der Waals surface area contributed by atoms with E-state index in [1.165, 1.54) is 25.3 Å². The molecule has 1 unspecified atom stereocenters. The van der Waals surface area contributed by atoms with Crippen LogP contribution in [0.25, 0.3) is 0 Å². The lowest BCUT2D eigenvalue weighted by Gasteiger charge is -2.12. The number of hydrogen-bond acceptors (Lipinski definition) is 7. The summed E-state index contributed by atoms with van der Waals surface area (Å²) >= 11 is 5.55. The number of hydrogen-bond donors (Lipinski definition) is 3. The van der Waals surface area contributed by atoms with Crippen molar-refractivity contribution >= 4 is 34.6 Å². The Morgan fingerprint density at radius 1 is 1.26 bits per heavy atom. The Labute approximate surface area is 161 Å². The molecule has 0 bridgehead atoms. The van der Waals surface area contributed by atoms with Gasteiger partial charge in [0.1, 0.15) is 0 Å². The molecule has 0 aliphatic heterocycles. The van der Waals surface area contributed by atoms with Crippen molar-refractivity contribution in [3.8, 4) is 0 Å². The number of nitro groups is 1. The fourth-order valence-electron chi connectivity index (χ4n) is 2.31. The molecule has 0 heterocycles. The molecule has 8 nitrogen and oxygen atoms in total. The zero-order valence-corrected chi connectivity index (χ0v) is 15.4. The van der Waals surface area contributed by atoms with E-state index in [1.54, 1.807) is 0 Å². The van der Waals surface area contributed by atoms with Crippen molar-refractivity contribution in [1.82, 2.24) is 0 Å². The first-order valence-electron chi connectivity index (χ1n) is 8.12. The summed E-state index contributed by atoms with van der Waals surface area (Å²) in [6, 6.07) is 11.5. The van der Waals surface area contributed by atoms with E-state index in [1.807, 2.05) is 24.3 Å². The minimum atomic E-state index is -0.654. The van der Waals surface area contributed by atoms with Crippen LogP contribution in [0.4, 0.5) is 17.1 Å². The second kappa shape index (κ2) is 9.75. The number of esters is 1. The third kappa shape index (κ3) is 5.83. The van der Waals surface area contributed by atoms with E-state index in [9.17, 15) is 20.0 Å².